The van der Waals surface area contributed by atoms with E-state index in [0.29, 0.717) is 6.04 Å². The molecule has 1 aromatic heterocycles. The molecule has 1 saturated carbocycles. The predicted molar refractivity (Wildman–Crippen MR) is 139 cm³/mol. The van der Waals surface area contributed by atoms with Crippen molar-refractivity contribution in [1.29, 1.82) is 0 Å². The number of likely N-dealkylation sites (tertiary alicyclic amines) is 2. The van der Waals surface area contributed by atoms with E-state index in [2.05, 4.69) is 51.8 Å². The average molecular weight is 546 g/mol. The Bertz CT molecular complexity index is 640. The van der Waals surface area contributed by atoms with Crippen molar-refractivity contribution in [1.82, 2.24) is 20.4 Å². The molecule has 3 aliphatic rings. The third-order valence-corrected chi connectivity index (χ3v) is 7.81. The van der Waals surface area contributed by atoms with Gasteiger partial charge in [0.1, 0.15) is 0 Å². The molecule has 30 heavy (non-hydrogen) atoms. The van der Waals surface area contributed by atoms with Crippen molar-refractivity contribution in [2.75, 3.05) is 45.8 Å². The second-order valence-corrected chi connectivity index (χ2v) is 10.2. The van der Waals surface area contributed by atoms with Gasteiger partial charge in [0.05, 0.1) is 12.6 Å². The van der Waals surface area contributed by atoms with E-state index >= 15 is 0 Å². The number of guanidine groups is 1. The summed E-state index contributed by atoms with van der Waals surface area (Å²) >= 11 is 1.88. The molecule has 0 aromatic carbocycles. The summed E-state index contributed by atoms with van der Waals surface area (Å²) in [5.74, 6) is 2.61. The number of hydrogen-bond acceptors (Lipinski definition) is 4. The fourth-order valence-corrected chi connectivity index (χ4v) is 5.62. The van der Waals surface area contributed by atoms with Gasteiger partial charge in [0.15, 0.2) is 5.96 Å². The van der Waals surface area contributed by atoms with Gasteiger partial charge in [-0.05, 0) is 81.9 Å². The Morgan fingerprint density at radius 2 is 1.97 bits per heavy atom. The van der Waals surface area contributed by atoms with Crippen molar-refractivity contribution in [3.8, 4) is 0 Å². The Kier molecular flexibility index (Phi) is 9.72. The van der Waals surface area contributed by atoms with Crippen molar-refractivity contribution >= 4 is 41.3 Å². The number of piperidine rings is 1. The summed E-state index contributed by atoms with van der Waals surface area (Å²) in [5.41, 5.74) is 0. The number of rotatable bonds is 8. The van der Waals surface area contributed by atoms with Gasteiger partial charge in [-0.1, -0.05) is 13.0 Å². The van der Waals surface area contributed by atoms with Gasteiger partial charge >= 0.3 is 0 Å². The lowest BCUT2D eigenvalue weighted by atomic mass is 9.97. The standard InChI is InChI=1S/C23H39N5S.HI/c1-3-24-23(25-15-19-10-13-28(17-19)20-6-7-20)26-16-21(22-5-4-14-29-22)27-11-8-18(2)9-12-27;/h4-5,14,18-21H,3,6-13,15-17H2,1-2H3,(H2,24,25,26);1H. The molecule has 2 saturated heterocycles. The summed E-state index contributed by atoms with van der Waals surface area (Å²) in [6, 6.07) is 5.78. The molecule has 2 aliphatic heterocycles. The first-order chi connectivity index (χ1) is 14.2. The van der Waals surface area contributed by atoms with Gasteiger partial charge in [0.25, 0.3) is 0 Å². The van der Waals surface area contributed by atoms with E-state index in [1.54, 1.807) is 0 Å². The van der Waals surface area contributed by atoms with Crippen molar-refractivity contribution in [3.05, 3.63) is 22.4 Å². The van der Waals surface area contributed by atoms with E-state index in [4.69, 9.17) is 4.99 Å². The first-order valence-electron chi connectivity index (χ1n) is 11.8. The summed E-state index contributed by atoms with van der Waals surface area (Å²) in [7, 11) is 0. The minimum atomic E-state index is 0. The normalized spacial score (nSPS) is 25.1. The Hall–Kier alpha value is -0.380. The largest absolute Gasteiger partial charge is 0.357 e. The maximum absolute atomic E-state index is 5.04. The van der Waals surface area contributed by atoms with Gasteiger partial charge in [-0.3, -0.25) is 9.89 Å². The average Bonchev–Trinajstić information content (AvgIpc) is 3.24. The van der Waals surface area contributed by atoms with Crippen LogP contribution < -0.4 is 10.6 Å². The lowest BCUT2D eigenvalue weighted by molar-refractivity contribution is 0.143. The molecule has 1 aliphatic carbocycles. The molecule has 0 bridgehead atoms. The highest BCUT2D eigenvalue weighted by molar-refractivity contribution is 14.0. The summed E-state index contributed by atoms with van der Waals surface area (Å²) in [6.45, 7) is 12.3. The molecular weight excluding hydrogens is 505 g/mol. The fraction of sp³-hybridized carbons (Fsp3) is 0.783. The molecule has 2 unspecified atom stereocenters. The van der Waals surface area contributed by atoms with Crippen molar-refractivity contribution in [2.45, 2.75) is 58.0 Å². The number of halogens is 1. The van der Waals surface area contributed by atoms with Crippen LogP contribution in [0.3, 0.4) is 0 Å². The highest BCUT2D eigenvalue weighted by Crippen LogP contribution is 2.32. The van der Waals surface area contributed by atoms with Crippen LogP contribution in [0, 0.1) is 11.8 Å². The summed E-state index contributed by atoms with van der Waals surface area (Å²) < 4.78 is 0. The number of nitrogens with zero attached hydrogens (tertiary/aromatic N) is 3. The molecular formula is C23H40IN5S. The summed E-state index contributed by atoms with van der Waals surface area (Å²) in [5, 5.41) is 9.33. The molecule has 4 rings (SSSR count). The molecule has 7 heteroatoms. The molecule has 3 fully saturated rings. The zero-order valence-corrected chi connectivity index (χ0v) is 21.8. The van der Waals surface area contributed by atoms with Crippen molar-refractivity contribution in [3.63, 3.8) is 0 Å². The van der Waals surface area contributed by atoms with Gasteiger partial charge in [-0.15, -0.1) is 35.3 Å². The zero-order chi connectivity index (χ0) is 20.1. The maximum atomic E-state index is 5.04. The molecule has 3 heterocycles. The SMILES string of the molecule is CCNC(=NCC(c1cccs1)N1CCC(C)CC1)NCC1CCN(C2CC2)C1.I. The van der Waals surface area contributed by atoms with Crippen LogP contribution in [0.4, 0.5) is 0 Å². The first kappa shape index (κ1) is 24.3. The Morgan fingerprint density at radius 3 is 2.63 bits per heavy atom. The van der Waals surface area contributed by atoms with Crippen LogP contribution in [-0.2, 0) is 0 Å². The maximum Gasteiger partial charge on any atom is 0.191 e. The van der Waals surface area contributed by atoms with Gasteiger partial charge in [-0.2, -0.15) is 0 Å². The predicted octanol–water partition coefficient (Wildman–Crippen LogP) is 4.18. The summed E-state index contributed by atoms with van der Waals surface area (Å²) in [4.78, 5) is 11.8. The Morgan fingerprint density at radius 1 is 1.17 bits per heavy atom. The third-order valence-electron chi connectivity index (χ3n) is 6.84. The van der Waals surface area contributed by atoms with E-state index in [1.165, 1.54) is 63.2 Å². The number of thiophene rings is 1. The highest BCUT2D eigenvalue weighted by atomic mass is 127. The Labute approximate surface area is 204 Å². The molecule has 0 amide bonds. The molecule has 170 valence electrons. The van der Waals surface area contributed by atoms with Gasteiger partial charge in [0, 0.05) is 30.6 Å². The molecule has 2 atom stereocenters. The van der Waals surface area contributed by atoms with Crippen LogP contribution in [0.1, 0.15) is 56.9 Å². The smallest absolute Gasteiger partial charge is 0.191 e. The lowest BCUT2D eigenvalue weighted by Gasteiger charge is -2.35. The summed E-state index contributed by atoms with van der Waals surface area (Å²) in [6.07, 6.45) is 6.78. The second kappa shape index (κ2) is 12.0. The number of hydrogen-bond donors (Lipinski definition) is 2. The molecule has 0 spiro atoms. The molecule has 5 nitrogen and oxygen atoms in total. The van der Waals surface area contributed by atoms with Crippen LogP contribution in [0.2, 0.25) is 0 Å². The van der Waals surface area contributed by atoms with Crippen LogP contribution in [0.5, 0.6) is 0 Å². The second-order valence-electron chi connectivity index (χ2n) is 9.23. The highest BCUT2D eigenvalue weighted by Gasteiger charge is 2.34. The van der Waals surface area contributed by atoms with E-state index in [1.807, 2.05) is 11.3 Å². The van der Waals surface area contributed by atoms with E-state index < -0.39 is 0 Å². The van der Waals surface area contributed by atoms with Crippen LogP contribution in [0.25, 0.3) is 0 Å². The monoisotopic (exact) mass is 545 g/mol. The number of aliphatic imine (C=N–C) groups is 1. The van der Waals surface area contributed by atoms with Gasteiger partial charge in [-0.25, -0.2) is 0 Å². The fourth-order valence-electron chi connectivity index (χ4n) is 4.77. The van der Waals surface area contributed by atoms with E-state index in [-0.39, 0.29) is 24.0 Å². The third kappa shape index (κ3) is 6.81. The van der Waals surface area contributed by atoms with Crippen molar-refractivity contribution in [2.24, 2.45) is 16.8 Å². The van der Waals surface area contributed by atoms with Crippen LogP contribution in [-0.4, -0.2) is 67.6 Å². The van der Waals surface area contributed by atoms with E-state index in [9.17, 15) is 0 Å². The molecule has 0 radical (unpaired) electrons. The number of nitrogens with one attached hydrogen (secondary N) is 2. The first-order valence-corrected chi connectivity index (χ1v) is 12.6. The topological polar surface area (TPSA) is 42.9 Å². The zero-order valence-electron chi connectivity index (χ0n) is 18.7. The lowest BCUT2D eigenvalue weighted by Crippen LogP contribution is -2.42. The van der Waals surface area contributed by atoms with E-state index in [0.717, 1.165) is 43.5 Å². The van der Waals surface area contributed by atoms with Crippen LogP contribution >= 0.6 is 35.3 Å². The molecule has 2 N–H and O–H groups in total. The van der Waals surface area contributed by atoms with Crippen LogP contribution in [0.15, 0.2) is 22.5 Å². The van der Waals surface area contributed by atoms with Gasteiger partial charge in [0.2, 0.25) is 0 Å². The minimum Gasteiger partial charge on any atom is -0.357 e. The van der Waals surface area contributed by atoms with Crippen molar-refractivity contribution < 1.29 is 0 Å². The quantitative estimate of drug-likeness (QED) is 0.292. The molecule has 1 aromatic rings. The van der Waals surface area contributed by atoms with Gasteiger partial charge < -0.3 is 15.5 Å². The Balaban J connectivity index is 0.00000256. The minimum absolute atomic E-state index is 0.